The van der Waals surface area contributed by atoms with Crippen LogP contribution < -0.4 is 5.32 Å². The minimum atomic E-state index is -0.718. The lowest BCUT2D eigenvalue weighted by Crippen LogP contribution is -2.39. The molecule has 5 heteroatoms. The summed E-state index contributed by atoms with van der Waals surface area (Å²) in [6, 6.07) is 0.662. The van der Waals surface area contributed by atoms with Crippen LogP contribution in [0.1, 0.15) is 44.9 Å². The maximum Gasteiger partial charge on any atom is 0.303 e. The van der Waals surface area contributed by atoms with E-state index in [2.05, 4.69) is 5.32 Å². The van der Waals surface area contributed by atoms with Crippen molar-refractivity contribution in [3.05, 3.63) is 0 Å². The summed E-state index contributed by atoms with van der Waals surface area (Å²) in [4.78, 5) is 24.4. The number of aliphatic carboxylic acids is 1. The van der Waals surface area contributed by atoms with Crippen molar-refractivity contribution in [3.63, 3.8) is 0 Å². The number of likely N-dealkylation sites (tertiary alicyclic amines) is 1. The van der Waals surface area contributed by atoms with E-state index in [9.17, 15) is 9.59 Å². The number of carbonyl (C=O) groups excluding carboxylic acids is 1. The first-order valence-electron chi connectivity index (χ1n) is 7.38. The summed E-state index contributed by atoms with van der Waals surface area (Å²) in [7, 11) is 0. The molecule has 0 spiro atoms. The number of carboxylic acid groups (broad SMARTS) is 1. The van der Waals surface area contributed by atoms with Gasteiger partial charge in [-0.15, -0.1) is 0 Å². The third-order valence-corrected chi connectivity index (χ3v) is 4.08. The number of piperidine rings is 1. The highest BCUT2D eigenvalue weighted by Gasteiger charge is 2.24. The summed E-state index contributed by atoms with van der Waals surface area (Å²) in [5.74, 6) is -0.000713. The molecule has 1 saturated heterocycles. The Labute approximate surface area is 114 Å². The number of nitrogens with zero attached hydrogens (tertiary/aromatic N) is 1. The maximum absolute atomic E-state index is 12.0. The summed E-state index contributed by atoms with van der Waals surface area (Å²) in [5.41, 5.74) is 0. The Morgan fingerprint density at radius 2 is 1.79 bits per heavy atom. The normalized spacial score (nSPS) is 20.5. The number of hydrogen-bond acceptors (Lipinski definition) is 3. The smallest absolute Gasteiger partial charge is 0.303 e. The first-order valence-corrected chi connectivity index (χ1v) is 7.38. The molecule has 1 heterocycles. The molecule has 0 bridgehead atoms. The number of rotatable bonds is 7. The molecule has 2 rings (SSSR count). The third-order valence-electron chi connectivity index (χ3n) is 4.08. The van der Waals surface area contributed by atoms with Crippen molar-refractivity contribution in [2.45, 2.75) is 51.0 Å². The first-order chi connectivity index (χ1) is 9.15. The van der Waals surface area contributed by atoms with E-state index in [1.807, 2.05) is 4.90 Å². The van der Waals surface area contributed by atoms with Crippen molar-refractivity contribution in [3.8, 4) is 0 Å². The second kappa shape index (κ2) is 6.89. The second-order valence-electron chi connectivity index (χ2n) is 5.73. The zero-order valence-corrected chi connectivity index (χ0v) is 11.4. The molecule has 2 fully saturated rings. The van der Waals surface area contributed by atoms with Crippen LogP contribution in [0.4, 0.5) is 0 Å². The summed E-state index contributed by atoms with van der Waals surface area (Å²) in [6.07, 6.45) is 6.01. The molecule has 5 nitrogen and oxygen atoms in total. The van der Waals surface area contributed by atoms with Gasteiger partial charge >= 0.3 is 5.97 Å². The molecule has 0 aromatic heterocycles. The lowest BCUT2D eigenvalue weighted by atomic mass is 9.92. The van der Waals surface area contributed by atoms with Crippen molar-refractivity contribution in [2.24, 2.45) is 5.92 Å². The van der Waals surface area contributed by atoms with E-state index in [0.29, 0.717) is 18.4 Å². The van der Waals surface area contributed by atoms with E-state index in [0.717, 1.165) is 38.9 Å². The molecule has 0 aromatic carbocycles. The maximum atomic E-state index is 12.0. The topological polar surface area (TPSA) is 69.6 Å². The van der Waals surface area contributed by atoms with Gasteiger partial charge in [-0.2, -0.15) is 0 Å². The summed E-state index contributed by atoms with van der Waals surface area (Å²) >= 11 is 0. The van der Waals surface area contributed by atoms with Crippen LogP contribution in [0.5, 0.6) is 0 Å². The van der Waals surface area contributed by atoms with Crippen LogP contribution in [0.2, 0.25) is 0 Å². The standard InChI is InChI=1S/C14H24N2O3/c17-13(5-8-15-12-2-3-12)16-9-6-11(7-10-16)1-4-14(18)19/h11-12,15H,1-10H2,(H,18,19). The molecule has 2 aliphatic rings. The molecular formula is C14H24N2O3. The number of carbonyl (C=O) groups is 2. The van der Waals surface area contributed by atoms with Crippen LogP contribution in [0.15, 0.2) is 0 Å². The van der Waals surface area contributed by atoms with Gasteiger partial charge in [-0.05, 0) is 38.0 Å². The zero-order valence-electron chi connectivity index (χ0n) is 11.4. The minimum absolute atomic E-state index is 0.241. The number of carboxylic acids is 1. The minimum Gasteiger partial charge on any atom is -0.481 e. The Kier molecular flexibility index (Phi) is 5.19. The average molecular weight is 268 g/mol. The Morgan fingerprint density at radius 1 is 1.11 bits per heavy atom. The molecule has 1 saturated carbocycles. The molecule has 1 aliphatic carbocycles. The lowest BCUT2D eigenvalue weighted by molar-refractivity contribution is -0.138. The lowest BCUT2D eigenvalue weighted by Gasteiger charge is -2.32. The van der Waals surface area contributed by atoms with Gasteiger partial charge in [-0.1, -0.05) is 0 Å². The Morgan fingerprint density at radius 3 is 2.37 bits per heavy atom. The monoisotopic (exact) mass is 268 g/mol. The third kappa shape index (κ3) is 5.19. The van der Waals surface area contributed by atoms with Crippen LogP contribution in [-0.2, 0) is 9.59 Å². The van der Waals surface area contributed by atoms with Crippen LogP contribution >= 0.6 is 0 Å². The Hall–Kier alpha value is -1.10. The van der Waals surface area contributed by atoms with Crippen molar-refractivity contribution < 1.29 is 14.7 Å². The van der Waals surface area contributed by atoms with Crippen LogP contribution in [0.3, 0.4) is 0 Å². The first kappa shape index (κ1) is 14.3. The predicted molar refractivity (Wildman–Crippen MR) is 71.8 cm³/mol. The molecule has 0 aromatic rings. The van der Waals surface area contributed by atoms with Gasteiger partial charge in [0.25, 0.3) is 0 Å². The Balaban J connectivity index is 1.58. The van der Waals surface area contributed by atoms with Crippen molar-refractivity contribution in [2.75, 3.05) is 19.6 Å². The van der Waals surface area contributed by atoms with Crippen molar-refractivity contribution >= 4 is 11.9 Å². The van der Waals surface area contributed by atoms with Gasteiger partial charge in [-0.25, -0.2) is 0 Å². The van der Waals surface area contributed by atoms with E-state index in [4.69, 9.17) is 5.11 Å². The number of nitrogens with one attached hydrogen (secondary N) is 1. The molecule has 19 heavy (non-hydrogen) atoms. The predicted octanol–water partition coefficient (Wildman–Crippen LogP) is 1.23. The highest BCUT2D eigenvalue weighted by atomic mass is 16.4. The van der Waals surface area contributed by atoms with Gasteiger partial charge in [0, 0.05) is 38.5 Å². The van der Waals surface area contributed by atoms with E-state index in [1.165, 1.54) is 12.8 Å². The van der Waals surface area contributed by atoms with Gasteiger partial charge < -0.3 is 15.3 Å². The van der Waals surface area contributed by atoms with Crippen LogP contribution in [0.25, 0.3) is 0 Å². The molecule has 0 unspecified atom stereocenters. The highest BCUT2D eigenvalue weighted by Crippen LogP contribution is 2.22. The molecule has 0 radical (unpaired) electrons. The Bertz CT molecular complexity index is 321. The van der Waals surface area contributed by atoms with E-state index < -0.39 is 5.97 Å². The van der Waals surface area contributed by atoms with Gasteiger partial charge in [-0.3, -0.25) is 9.59 Å². The molecule has 1 amide bonds. The molecule has 1 aliphatic heterocycles. The number of amides is 1. The SMILES string of the molecule is O=C(O)CCC1CCN(C(=O)CCNC2CC2)CC1. The molecule has 2 N–H and O–H groups in total. The van der Waals surface area contributed by atoms with E-state index in [1.54, 1.807) is 0 Å². The number of hydrogen-bond donors (Lipinski definition) is 2. The van der Waals surface area contributed by atoms with Crippen molar-refractivity contribution in [1.82, 2.24) is 10.2 Å². The fourth-order valence-electron chi connectivity index (χ4n) is 2.63. The van der Waals surface area contributed by atoms with Crippen LogP contribution in [-0.4, -0.2) is 47.6 Å². The largest absolute Gasteiger partial charge is 0.481 e. The van der Waals surface area contributed by atoms with Gasteiger partial charge in [0.15, 0.2) is 0 Å². The van der Waals surface area contributed by atoms with Gasteiger partial charge in [0.1, 0.15) is 0 Å². The fourth-order valence-corrected chi connectivity index (χ4v) is 2.63. The molecule has 108 valence electrons. The second-order valence-corrected chi connectivity index (χ2v) is 5.73. The zero-order chi connectivity index (χ0) is 13.7. The fraction of sp³-hybridized carbons (Fsp3) is 0.857. The van der Waals surface area contributed by atoms with Gasteiger partial charge in [0.05, 0.1) is 0 Å². The quantitative estimate of drug-likeness (QED) is 0.728. The van der Waals surface area contributed by atoms with Gasteiger partial charge in [0.2, 0.25) is 5.91 Å². The summed E-state index contributed by atoms with van der Waals surface area (Å²) < 4.78 is 0. The van der Waals surface area contributed by atoms with Crippen LogP contribution in [0, 0.1) is 5.92 Å². The summed E-state index contributed by atoms with van der Waals surface area (Å²) in [6.45, 7) is 2.39. The summed E-state index contributed by atoms with van der Waals surface area (Å²) in [5, 5.41) is 12.0. The molecular weight excluding hydrogens is 244 g/mol. The van der Waals surface area contributed by atoms with E-state index >= 15 is 0 Å². The molecule has 0 atom stereocenters. The highest BCUT2D eigenvalue weighted by molar-refractivity contribution is 5.76. The van der Waals surface area contributed by atoms with Crippen molar-refractivity contribution in [1.29, 1.82) is 0 Å². The average Bonchev–Trinajstić information content (AvgIpc) is 3.21. The van der Waals surface area contributed by atoms with E-state index in [-0.39, 0.29) is 12.3 Å².